The Balaban J connectivity index is 2.01. The van der Waals surface area contributed by atoms with Crippen molar-refractivity contribution >= 4 is 27.3 Å². The lowest BCUT2D eigenvalue weighted by Gasteiger charge is -2.02. The van der Waals surface area contributed by atoms with E-state index in [1.807, 2.05) is 0 Å². The molecule has 4 nitrogen and oxygen atoms in total. The molecule has 18 heavy (non-hydrogen) atoms. The Labute approximate surface area is 112 Å². The lowest BCUT2D eigenvalue weighted by molar-refractivity contribution is -0.140. The van der Waals surface area contributed by atoms with Gasteiger partial charge in [0.05, 0.1) is 0 Å². The molecule has 0 aromatic carbocycles. The number of hydrogen-bond acceptors (Lipinski definition) is 5. The number of halogens is 4. The van der Waals surface area contributed by atoms with E-state index in [0.717, 1.165) is 16.7 Å². The first-order valence-electron chi connectivity index (χ1n) is 4.58. The number of ether oxygens (including phenoxy) is 1. The molecule has 96 valence electrons. The van der Waals surface area contributed by atoms with Crippen LogP contribution in [-0.2, 0) is 12.8 Å². The van der Waals surface area contributed by atoms with Crippen LogP contribution in [-0.4, -0.2) is 15.0 Å². The summed E-state index contributed by atoms with van der Waals surface area (Å²) in [5.41, 5.74) is -0.915. The largest absolute Gasteiger partial charge is 0.456 e. The zero-order chi connectivity index (χ0) is 13.2. The summed E-state index contributed by atoms with van der Waals surface area (Å²) in [6.45, 7) is -0.100. The molecule has 0 fully saturated rings. The summed E-state index contributed by atoms with van der Waals surface area (Å²) in [6.07, 6.45) is -2.96. The molecule has 0 aliphatic heterocycles. The van der Waals surface area contributed by atoms with Crippen LogP contribution in [0.15, 0.2) is 22.2 Å². The molecule has 0 N–H and O–H groups in total. The quantitative estimate of drug-likeness (QED) is 0.805. The minimum atomic E-state index is -4.43. The number of hydrogen-bond donors (Lipinski definition) is 0. The van der Waals surface area contributed by atoms with E-state index in [-0.39, 0.29) is 17.6 Å². The Morgan fingerprint density at radius 3 is 2.72 bits per heavy atom. The zero-order valence-electron chi connectivity index (χ0n) is 8.61. The van der Waals surface area contributed by atoms with Gasteiger partial charge < -0.3 is 4.74 Å². The Morgan fingerprint density at radius 1 is 1.33 bits per heavy atom. The molecular weight excluding hydrogens is 335 g/mol. The highest BCUT2D eigenvalue weighted by Gasteiger charge is 2.33. The topological polar surface area (TPSA) is 47.9 Å². The van der Waals surface area contributed by atoms with Crippen LogP contribution in [0.5, 0.6) is 6.01 Å². The molecule has 0 aliphatic rings. The van der Waals surface area contributed by atoms with E-state index in [1.54, 1.807) is 6.07 Å². The molecule has 0 amide bonds. The molecule has 0 unspecified atom stereocenters. The predicted octanol–water partition coefficient (Wildman–Crippen LogP) is 3.29. The highest BCUT2D eigenvalue weighted by atomic mass is 79.9. The van der Waals surface area contributed by atoms with Crippen LogP contribution < -0.4 is 4.74 Å². The van der Waals surface area contributed by atoms with Crippen LogP contribution >= 0.6 is 27.3 Å². The number of aromatic nitrogens is 3. The van der Waals surface area contributed by atoms with E-state index in [9.17, 15) is 13.2 Å². The second-order valence-corrected chi connectivity index (χ2v) is 4.83. The fourth-order valence-corrected chi connectivity index (χ4v) is 2.01. The summed E-state index contributed by atoms with van der Waals surface area (Å²) >= 11 is 4.00. The molecule has 0 saturated heterocycles. The van der Waals surface area contributed by atoms with Crippen LogP contribution in [0, 0.1) is 0 Å². The Bertz CT molecular complexity index is 546. The maximum Gasteiger partial charge on any atom is 0.434 e. The maximum atomic E-state index is 12.3. The summed E-state index contributed by atoms with van der Waals surface area (Å²) in [5, 5.41) is 1.16. The van der Waals surface area contributed by atoms with Crippen molar-refractivity contribution in [3.63, 3.8) is 0 Å². The second kappa shape index (κ2) is 5.19. The molecule has 0 aliphatic carbocycles. The van der Waals surface area contributed by atoms with E-state index in [0.29, 0.717) is 4.60 Å². The van der Waals surface area contributed by atoms with Gasteiger partial charge in [-0.2, -0.15) is 18.2 Å². The van der Waals surface area contributed by atoms with Gasteiger partial charge in [0.2, 0.25) is 0 Å². The molecule has 2 heterocycles. The molecule has 0 bridgehead atoms. The van der Waals surface area contributed by atoms with Gasteiger partial charge in [-0.15, -0.1) is 11.3 Å². The van der Waals surface area contributed by atoms with E-state index in [2.05, 4.69) is 30.9 Å². The van der Waals surface area contributed by atoms with Crippen molar-refractivity contribution in [1.29, 1.82) is 0 Å². The first-order chi connectivity index (χ1) is 8.45. The van der Waals surface area contributed by atoms with Gasteiger partial charge in [-0.25, -0.2) is 9.97 Å². The first kappa shape index (κ1) is 13.2. The average molecular weight is 340 g/mol. The van der Waals surface area contributed by atoms with Crippen molar-refractivity contribution in [2.24, 2.45) is 0 Å². The van der Waals surface area contributed by atoms with Crippen LogP contribution in [0.25, 0.3) is 0 Å². The van der Waals surface area contributed by atoms with Crippen LogP contribution in [0.4, 0.5) is 13.2 Å². The summed E-state index contributed by atoms with van der Waals surface area (Å²) in [6, 6.07) is 1.69. The summed E-state index contributed by atoms with van der Waals surface area (Å²) in [4.78, 5) is 11.1. The van der Waals surface area contributed by atoms with E-state index < -0.39 is 11.9 Å². The molecule has 9 heteroatoms. The number of thiazole rings is 1. The van der Waals surface area contributed by atoms with Crippen LogP contribution in [0.3, 0.4) is 0 Å². The van der Waals surface area contributed by atoms with Gasteiger partial charge in [0.15, 0.2) is 5.69 Å². The third-order valence-electron chi connectivity index (χ3n) is 1.77. The first-order valence-corrected chi connectivity index (χ1v) is 6.25. The maximum absolute atomic E-state index is 12.3. The van der Waals surface area contributed by atoms with Gasteiger partial charge >= 0.3 is 12.2 Å². The molecule has 2 rings (SSSR count). The predicted molar refractivity (Wildman–Crippen MR) is 61.2 cm³/mol. The molecular formula is C9H5BrF3N3OS. The Kier molecular flexibility index (Phi) is 3.81. The van der Waals surface area contributed by atoms with Crippen molar-refractivity contribution in [3.8, 4) is 6.01 Å². The highest BCUT2D eigenvalue weighted by Crippen LogP contribution is 2.30. The average Bonchev–Trinajstić information content (AvgIpc) is 2.74. The molecule has 0 atom stereocenters. The summed E-state index contributed by atoms with van der Waals surface area (Å²) in [7, 11) is 0. The monoisotopic (exact) mass is 339 g/mol. The van der Waals surface area contributed by atoms with Crippen LogP contribution in [0.1, 0.15) is 10.7 Å². The fourth-order valence-electron chi connectivity index (χ4n) is 1.02. The Hall–Kier alpha value is -1.22. The van der Waals surface area contributed by atoms with Crippen molar-refractivity contribution in [1.82, 2.24) is 15.0 Å². The standard InChI is InChI=1S/C9H5BrF3N3OS/c10-6-1-2-14-8(16-6)17-3-7-15-5(4-18-7)9(11,12)13/h1-2,4H,3H2. The smallest absolute Gasteiger partial charge is 0.434 e. The minimum absolute atomic E-state index is 0.0770. The fraction of sp³-hybridized carbons (Fsp3) is 0.222. The van der Waals surface area contributed by atoms with Crippen LogP contribution in [0.2, 0.25) is 0 Å². The summed E-state index contributed by atoms with van der Waals surface area (Å²) < 4.78 is 42.5. The lowest BCUT2D eigenvalue weighted by atomic mass is 10.5. The van der Waals surface area contributed by atoms with E-state index in [4.69, 9.17) is 4.74 Å². The second-order valence-electron chi connectivity index (χ2n) is 3.07. The third kappa shape index (κ3) is 3.39. The normalized spacial score (nSPS) is 11.6. The van der Waals surface area contributed by atoms with Crippen molar-refractivity contribution < 1.29 is 17.9 Å². The number of rotatable bonds is 3. The molecule has 0 saturated carbocycles. The van der Waals surface area contributed by atoms with E-state index >= 15 is 0 Å². The van der Waals surface area contributed by atoms with Gasteiger partial charge in [-0.05, 0) is 22.0 Å². The highest BCUT2D eigenvalue weighted by molar-refractivity contribution is 9.10. The molecule has 2 aromatic heterocycles. The lowest BCUT2D eigenvalue weighted by Crippen LogP contribution is -2.06. The number of nitrogens with zero attached hydrogens (tertiary/aromatic N) is 3. The molecule has 0 radical (unpaired) electrons. The Morgan fingerprint density at radius 2 is 2.11 bits per heavy atom. The van der Waals surface area contributed by atoms with E-state index in [1.165, 1.54) is 6.20 Å². The van der Waals surface area contributed by atoms with Gasteiger partial charge in [0.25, 0.3) is 0 Å². The van der Waals surface area contributed by atoms with Gasteiger partial charge in [0.1, 0.15) is 16.2 Å². The zero-order valence-corrected chi connectivity index (χ0v) is 11.0. The SMILES string of the molecule is FC(F)(F)c1csc(COc2nccc(Br)n2)n1. The molecule has 2 aromatic rings. The van der Waals surface area contributed by atoms with Gasteiger partial charge in [0, 0.05) is 11.6 Å². The van der Waals surface area contributed by atoms with Gasteiger partial charge in [-0.3, -0.25) is 0 Å². The van der Waals surface area contributed by atoms with Crippen molar-refractivity contribution in [2.75, 3.05) is 0 Å². The van der Waals surface area contributed by atoms with Gasteiger partial charge in [-0.1, -0.05) is 0 Å². The van der Waals surface area contributed by atoms with Crippen molar-refractivity contribution in [2.45, 2.75) is 12.8 Å². The summed E-state index contributed by atoms with van der Waals surface area (Å²) in [5.74, 6) is 0. The molecule has 0 spiro atoms. The van der Waals surface area contributed by atoms with Crippen molar-refractivity contribution in [3.05, 3.63) is 32.9 Å². The number of alkyl halides is 3. The minimum Gasteiger partial charge on any atom is -0.456 e. The third-order valence-corrected chi connectivity index (χ3v) is 3.03.